The number of anilines is 1. The first-order chi connectivity index (χ1) is 9.47. The zero-order valence-corrected chi connectivity index (χ0v) is 11.0. The summed E-state index contributed by atoms with van der Waals surface area (Å²) in [5.41, 5.74) is 4.93. The lowest BCUT2D eigenvalue weighted by Crippen LogP contribution is -2.25. The molecule has 0 saturated carbocycles. The molecule has 0 aliphatic rings. The van der Waals surface area contributed by atoms with E-state index in [1.807, 2.05) is 0 Å². The molecule has 20 heavy (non-hydrogen) atoms. The van der Waals surface area contributed by atoms with Crippen LogP contribution in [-0.4, -0.2) is 25.7 Å². The van der Waals surface area contributed by atoms with Crippen molar-refractivity contribution in [1.82, 2.24) is 19.6 Å². The van der Waals surface area contributed by atoms with Gasteiger partial charge in [-0.3, -0.25) is 4.79 Å². The second-order valence-electron chi connectivity index (χ2n) is 4.55. The molecule has 2 aromatic heterocycles. The Balaban J connectivity index is 1.95. The van der Waals surface area contributed by atoms with Gasteiger partial charge in [-0.15, -0.1) is 5.10 Å². The van der Waals surface area contributed by atoms with Crippen molar-refractivity contribution >= 4 is 5.69 Å². The quantitative estimate of drug-likeness (QED) is 0.884. The number of hydrogen-bond acceptors (Lipinski definition) is 4. The fourth-order valence-corrected chi connectivity index (χ4v) is 1.79. The van der Waals surface area contributed by atoms with E-state index in [4.69, 9.17) is 5.73 Å². The molecule has 6 nitrogen and oxygen atoms in total. The van der Waals surface area contributed by atoms with Gasteiger partial charge in [0.15, 0.2) is 0 Å². The number of rotatable bonds is 5. The van der Waals surface area contributed by atoms with Gasteiger partial charge in [-0.1, -0.05) is 5.21 Å². The molecular weight excluding hydrogens is 268 g/mol. The molecule has 0 aliphatic heterocycles. The molecular formula is C12H15F2N5O. The van der Waals surface area contributed by atoms with Gasteiger partial charge in [0.05, 0.1) is 17.9 Å². The number of nitrogens with two attached hydrogens (primary N) is 1. The van der Waals surface area contributed by atoms with Gasteiger partial charge in [-0.2, -0.15) is 4.39 Å². The Morgan fingerprint density at radius 3 is 2.90 bits per heavy atom. The van der Waals surface area contributed by atoms with Crippen molar-refractivity contribution in [1.29, 1.82) is 0 Å². The summed E-state index contributed by atoms with van der Waals surface area (Å²) in [5, 5.41) is 7.49. The predicted octanol–water partition coefficient (Wildman–Crippen LogP) is 0.898. The minimum absolute atomic E-state index is 0.0487. The van der Waals surface area contributed by atoms with Gasteiger partial charge in [0, 0.05) is 18.9 Å². The average molecular weight is 283 g/mol. The van der Waals surface area contributed by atoms with Crippen molar-refractivity contribution in [3.63, 3.8) is 0 Å². The van der Waals surface area contributed by atoms with Crippen LogP contribution in [0.4, 0.5) is 14.5 Å². The highest BCUT2D eigenvalue weighted by Crippen LogP contribution is 2.06. The Labute approximate surface area is 113 Å². The third kappa shape index (κ3) is 3.19. The van der Waals surface area contributed by atoms with Gasteiger partial charge < -0.3 is 10.3 Å². The highest BCUT2D eigenvalue weighted by atomic mass is 19.1. The van der Waals surface area contributed by atoms with Gasteiger partial charge in [-0.25, -0.2) is 9.07 Å². The number of aromatic nitrogens is 4. The Morgan fingerprint density at radius 2 is 2.25 bits per heavy atom. The molecule has 1 atom stereocenters. The van der Waals surface area contributed by atoms with E-state index in [1.54, 1.807) is 13.1 Å². The summed E-state index contributed by atoms with van der Waals surface area (Å²) in [7, 11) is 0. The molecule has 2 N–H and O–H groups in total. The highest BCUT2D eigenvalue weighted by molar-refractivity contribution is 5.36. The Kier molecular flexibility index (Phi) is 4.11. The maximum absolute atomic E-state index is 13.8. The minimum Gasteiger partial charge on any atom is -0.396 e. The molecule has 0 radical (unpaired) electrons. The second-order valence-corrected chi connectivity index (χ2v) is 4.55. The van der Waals surface area contributed by atoms with Crippen molar-refractivity contribution in [2.45, 2.75) is 32.6 Å². The van der Waals surface area contributed by atoms with Crippen molar-refractivity contribution in [3.05, 3.63) is 40.3 Å². The molecule has 2 aromatic rings. The van der Waals surface area contributed by atoms with E-state index >= 15 is 0 Å². The van der Waals surface area contributed by atoms with Crippen LogP contribution in [0, 0.1) is 12.7 Å². The zero-order valence-electron chi connectivity index (χ0n) is 11.0. The van der Waals surface area contributed by atoms with E-state index < -0.39 is 17.5 Å². The van der Waals surface area contributed by atoms with Crippen LogP contribution in [0.1, 0.15) is 12.1 Å². The monoisotopic (exact) mass is 283 g/mol. The molecule has 0 aliphatic carbocycles. The predicted molar refractivity (Wildman–Crippen MR) is 69.3 cm³/mol. The van der Waals surface area contributed by atoms with Crippen LogP contribution in [0.3, 0.4) is 0 Å². The van der Waals surface area contributed by atoms with Crippen LogP contribution in [-0.2, 0) is 13.1 Å². The lowest BCUT2D eigenvalue weighted by atomic mass is 10.2. The minimum atomic E-state index is -1.20. The molecule has 0 bridgehead atoms. The van der Waals surface area contributed by atoms with Crippen LogP contribution < -0.4 is 11.3 Å². The smallest absolute Gasteiger partial charge is 0.288 e. The van der Waals surface area contributed by atoms with E-state index in [0.29, 0.717) is 5.69 Å². The molecule has 1 unspecified atom stereocenters. The van der Waals surface area contributed by atoms with Crippen molar-refractivity contribution < 1.29 is 8.78 Å². The van der Waals surface area contributed by atoms with E-state index in [2.05, 4.69) is 10.3 Å². The molecule has 2 rings (SSSR count). The first-order valence-corrected chi connectivity index (χ1v) is 6.12. The van der Waals surface area contributed by atoms with E-state index in [0.717, 1.165) is 4.57 Å². The molecule has 2 heterocycles. The summed E-state index contributed by atoms with van der Waals surface area (Å²) in [6, 6.07) is 1.28. The van der Waals surface area contributed by atoms with Gasteiger partial charge in [-0.05, 0) is 19.4 Å². The Bertz CT molecular complexity index is 652. The van der Waals surface area contributed by atoms with Gasteiger partial charge in [0.1, 0.15) is 6.17 Å². The molecule has 0 amide bonds. The first kappa shape index (κ1) is 14.2. The SMILES string of the molecule is Cc1cn(CC(F)CCn2ccc(N)c(F)c2=O)nn1. The topological polar surface area (TPSA) is 78.7 Å². The Morgan fingerprint density at radius 1 is 1.50 bits per heavy atom. The molecule has 0 spiro atoms. The normalized spacial score (nSPS) is 12.6. The van der Waals surface area contributed by atoms with Crippen LogP contribution >= 0.6 is 0 Å². The van der Waals surface area contributed by atoms with Gasteiger partial charge in [0.2, 0.25) is 5.82 Å². The lowest BCUT2D eigenvalue weighted by molar-refractivity contribution is 0.255. The summed E-state index contributed by atoms with van der Waals surface area (Å²) in [6.07, 6.45) is 1.85. The van der Waals surface area contributed by atoms with Crippen LogP contribution in [0.2, 0.25) is 0 Å². The highest BCUT2D eigenvalue weighted by Gasteiger charge is 2.11. The number of nitrogen functional groups attached to an aromatic ring is 1. The maximum atomic E-state index is 13.8. The largest absolute Gasteiger partial charge is 0.396 e. The van der Waals surface area contributed by atoms with E-state index in [9.17, 15) is 13.6 Å². The van der Waals surface area contributed by atoms with Crippen LogP contribution in [0.15, 0.2) is 23.3 Å². The number of nitrogens with zero attached hydrogens (tertiary/aromatic N) is 4. The number of aryl methyl sites for hydroxylation is 2. The summed E-state index contributed by atoms with van der Waals surface area (Å²) in [4.78, 5) is 11.5. The van der Waals surface area contributed by atoms with Gasteiger partial charge in [0.25, 0.3) is 5.56 Å². The third-order valence-corrected chi connectivity index (χ3v) is 2.86. The lowest BCUT2D eigenvalue weighted by Gasteiger charge is -2.10. The summed E-state index contributed by atoms with van der Waals surface area (Å²) >= 11 is 0. The number of pyridine rings is 1. The third-order valence-electron chi connectivity index (χ3n) is 2.86. The first-order valence-electron chi connectivity index (χ1n) is 6.12. The fraction of sp³-hybridized carbons (Fsp3) is 0.417. The molecule has 0 fully saturated rings. The molecule has 108 valence electrons. The van der Waals surface area contributed by atoms with Crippen LogP contribution in [0.5, 0.6) is 0 Å². The number of alkyl halides is 1. The summed E-state index contributed by atoms with van der Waals surface area (Å²) in [5.74, 6) is -1.00. The number of hydrogen-bond donors (Lipinski definition) is 1. The number of halogens is 2. The average Bonchev–Trinajstić information content (AvgIpc) is 2.80. The fourth-order valence-electron chi connectivity index (χ4n) is 1.79. The molecule has 0 aromatic carbocycles. The van der Waals surface area contributed by atoms with E-state index in [1.165, 1.54) is 16.9 Å². The van der Waals surface area contributed by atoms with Crippen molar-refractivity contribution in [3.8, 4) is 0 Å². The van der Waals surface area contributed by atoms with E-state index in [-0.39, 0.29) is 25.2 Å². The molecule has 8 heteroatoms. The summed E-state index contributed by atoms with van der Waals surface area (Å²) in [6.45, 7) is 1.88. The maximum Gasteiger partial charge on any atom is 0.288 e. The Hall–Kier alpha value is -2.25. The molecule has 0 saturated heterocycles. The second kappa shape index (κ2) is 5.81. The van der Waals surface area contributed by atoms with Gasteiger partial charge >= 0.3 is 0 Å². The zero-order chi connectivity index (χ0) is 14.7. The summed E-state index contributed by atoms with van der Waals surface area (Å²) < 4.78 is 29.6. The van der Waals surface area contributed by atoms with Crippen LogP contribution in [0.25, 0.3) is 0 Å². The standard InChI is InChI=1S/C12H15F2N5O/c1-8-6-19(17-16-8)7-9(13)2-4-18-5-3-10(15)11(14)12(18)20/h3,5-6,9H,2,4,7,15H2,1H3. The van der Waals surface area contributed by atoms with Crippen molar-refractivity contribution in [2.75, 3.05) is 5.73 Å². The van der Waals surface area contributed by atoms with Crippen molar-refractivity contribution in [2.24, 2.45) is 0 Å².